The molecule has 1 aromatic carbocycles. The molecular formula is C24H31N3O2. The van der Waals surface area contributed by atoms with Gasteiger partial charge >= 0.3 is 0 Å². The van der Waals surface area contributed by atoms with Crippen molar-refractivity contribution in [2.45, 2.75) is 51.7 Å². The molecule has 154 valence electrons. The number of aryl methyl sites for hydroxylation is 2. The van der Waals surface area contributed by atoms with Crippen molar-refractivity contribution in [3.63, 3.8) is 0 Å². The molecule has 0 bridgehead atoms. The van der Waals surface area contributed by atoms with Gasteiger partial charge in [0.1, 0.15) is 0 Å². The Labute approximate surface area is 173 Å². The maximum Gasteiger partial charge on any atom is 0.169 e. The van der Waals surface area contributed by atoms with E-state index in [-0.39, 0.29) is 11.5 Å². The number of likely N-dealkylation sites (tertiary alicyclic amines) is 1. The van der Waals surface area contributed by atoms with Crippen LogP contribution in [-0.2, 0) is 17.7 Å². The molecule has 2 aliphatic heterocycles. The summed E-state index contributed by atoms with van der Waals surface area (Å²) < 4.78 is 8.06. The minimum absolute atomic E-state index is 0.126. The molecule has 5 heteroatoms. The number of hydrogen-bond acceptors (Lipinski definition) is 4. The topological polar surface area (TPSA) is 47.4 Å². The minimum Gasteiger partial charge on any atom is -0.373 e. The molecule has 5 rings (SSSR count). The third-order valence-corrected chi connectivity index (χ3v) is 7.44. The number of ether oxygens (including phenoxy) is 1. The zero-order chi connectivity index (χ0) is 19.8. The number of hydrogen-bond donors (Lipinski definition) is 0. The van der Waals surface area contributed by atoms with Crippen molar-refractivity contribution >= 4 is 5.78 Å². The minimum atomic E-state index is -0.126. The lowest BCUT2D eigenvalue weighted by Crippen LogP contribution is -2.47. The van der Waals surface area contributed by atoms with E-state index in [1.54, 1.807) is 0 Å². The molecule has 1 spiro atoms. The maximum atomic E-state index is 13.3. The Morgan fingerprint density at radius 1 is 1.21 bits per heavy atom. The third-order valence-electron chi connectivity index (χ3n) is 7.44. The Morgan fingerprint density at radius 3 is 2.83 bits per heavy atom. The average Bonchev–Trinajstić information content (AvgIpc) is 3.42. The van der Waals surface area contributed by atoms with Crippen molar-refractivity contribution in [3.8, 4) is 0 Å². The first-order chi connectivity index (χ1) is 14.2. The van der Waals surface area contributed by atoms with E-state index in [9.17, 15) is 4.79 Å². The lowest BCUT2D eigenvalue weighted by molar-refractivity contribution is 0.0425. The van der Waals surface area contributed by atoms with Gasteiger partial charge in [0, 0.05) is 48.4 Å². The first-order valence-electron chi connectivity index (χ1n) is 11.2. The molecule has 0 amide bonds. The number of carbonyl (C=O) groups is 1. The van der Waals surface area contributed by atoms with Gasteiger partial charge in [-0.25, -0.2) is 0 Å². The number of nitrogens with zero attached hydrogens (tertiary/aromatic N) is 3. The molecule has 3 heterocycles. The highest BCUT2D eigenvalue weighted by molar-refractivity contribution is 6.02. The molecule has 5 nitrogen and oxygen atoms in total. The van der Waals surface area contributed by atoms with Gasteiger partial charge in [0.15, 0.2) is 5.78 Å². The Kier molecular flexibility index (Phi) is 5.04. The first kappa shape index (κ1) is 19.0. The maximum absolute atomic E-state index is 13.3. The Morgan fingerprint density at radius 2 is 2.03 bits per heavy atom. The molecule has 0 N–H and O–H groups in total. The van der Waals surface area contributed by atoms with Gasteiger partial charge < -0.3 is 9.64 Å². The summed E-state index contributed by atoms with van der Waals surface area (Å²) in [5, 5.41) is 4.43. The Hall–Kier alpha value is -1.98. The van der Waals surface area contributed by atoms with Crippen molar-refractivity contribution in [2.24, 2.45) is 11.3 Å². The zero-order valence-corrected chi connectivity index (χ0v) is 17.3. The van der Waals surface area contributed by atoms with Crippen molar-refractivity contribution < 1.29 is 9.53 Å². The molecule has 0 unspecified atom stereocenters. The summed E-state index contributed by atoms with van der Waals surface area (Å²) in [6.45, 7) is 6.93. The Bertz CT molecular complexity index is 882. The lowest BCUT2D eigenvalue weighted by atomic mass is 9.65. The summed E-state index contributed by atoms with van der Waals surface area (Å²) in [5.74, 6) is 0.911. The molecule has 2 saturated heterocycles. The second-order valence-corrected chi connectivity index (χ2v) is 9.04. The lowest BCUT2D eigenvalue weighted by Gasteiger charge is -2.44. The fourth-order valence-corrected chi connectivity index (χ4v) is 5.59. The predicted octanol–water partition coefficient (Wildman–Crippen LogP) is 3.89. The van der Waals surface area contributed by atoms with Crippen LogP contribution in [0.1, 0.15) is 60.2 Å². The fourth-order valence-electron chi connectivity index (χ4n) is 5.59. The summed E-state index contributed by atoms with van der Waals surface area (Å²) in [7, 11) is 0. The number of piperidine rings is 1. The SMILES string of the molecule is CCn1cc([C@@H]2OCC[C@H]2CN2CCC3(CCc4ccccc4C3=O)CC2)cn1. The van der Waals surface area contributed by atoms with Crippen LogP contribution in [0.2, 0.25) is 0 Å². The van der Waals surface area contributed by atoms with E-state index in [2.05, 4.69) is 35.3 Å². The zero-order valence-electron chi connectivity index (χ0n) is 17.3. The highest BCUT2D eigenvalue weighted by Crippen LogP contribution is 2.44. The number of benzene rings is 1. The number of fused-ring (bicyclic) bond motifs is 1. The van der Waals surface area contributed by atoms with Crippen LogP contribution in [-0.4, -0.2) is 46.7 Å². The molecule has 1 aromatic heterocycles. The van der Waals surface area contributed by atoms with Gasteiger partial charge in [-0.15, -0.1) is 0 Å². The number of Topliss-reactive ketones (excluding diaryl/α,β-unsaturated/α-hetero) is 1. The number of rotatable bonds is 4. The highest BCUT2D eigenvalue weighted by atomic mass is 16.5. The van der Waals surface area contributed by atoms with Crippen LogP contribution in [0, 0.1) is 11.3 Å². The van der Waals surface area contributed by atoms with Crippen LogP contribution in [0.5, 0.6) is 0 Å². The van der Waals surface area contributed by atoms with Crippen LogP contribution >= 0.6 is 0 Å². The second kappa shape index (κ2) is 7.69. The van der Waals surface area contributed by atoms with Gasteiger partial charge in [-0.1, -0.05) is 24.3 Å². The molecular weight excluding hydrogens is 362 g/mol. The predicted molar refractivity (Wildman–Crippen MR) is 112 cm³/mol. The average molecular weight is 394 g/mol. The van der Waals surface area contributed by atoms with Crippen LogP contribution < -0.4 is 0 Å². The van der Waals surface area contributed by atoms with Crippen molar-refractivity contribution in [1.29, 1.82) is 0 Å². The highest BCUT2D eigenvalue weighted by Gasteiger charge is 2.44. The molecule has 29 heavy (non-hydrogen) atoms. The van der Waals surface area contributed by atoms with Gasteiger partial charge in [-0.2, -0.15) is 5.10 Å². The monoisotopic (exact) mass is 393 g/mol. The quantitative estimate of drug-likeness (QED) is 0.791. The molecule has 2 fully saturated rings. The largest absolute Gasteiger partial charge is 0.373 e. The number of aromatic nitrogens is 2. The third kappa shape index (κ3) is 3.44. The number of ketones is 1. The van der Waals surface area contributed by atoms with Crippen molar-refractivity contribution in [3.05, 3.63) is 53.3 Å². The van der Waals surface area contributed by atoms with E-state index in [0.717, 1.165) is 70.5 Å². The molecule has 0 radical (unpaired) electrons. The summed E-state index contributed by atoms with van der Waals surface area (Å²) in [6.07, 6.45) is 9.41. The van der Waals surface area contributed by atoms with Crippen LogP contribution in [0.4, 0.5) is 0 Å². The van der Waals surface area contributed by atoms with Crippen LogP contribution in [0.25, 0.3) is 0 Å². The molecule has 3 aliphatic rings. The summed E-state index contributed by atoms with van der Waals surface area (Å²) in [4.78, 5) is 15.8. The van der Waals surface area contributed by atoms with Gasteiger partial charge in [0.2, 0.25) is 0 Å². The van der Waals surface area contributed by atoms with Gasteiger partial charge in [0.05, 0.1) is 12.3 Å². The fraction of sp³-hybridized carbons (Fsp3) is 0.583. The van der Waals surface area contributed by atoms with Crippen LogP contribution in [0.3, 0.4) is 0 Å². The van der Waals surface area contributed by atoms with E-state index in [0.29, 0.717) is 11.7 Å². The molecule has 2 atom stereocenters. The molecule has 0 saturated carbocycles. The summed E-state index contributed by atoms with van der Waals surface area (Å²) in [5.41, 5.74) is 3.30. The first-order valence-corrected chi connectivity index (χ1v) is 11.2. The van der Waals surface area contributed by atoms with Gasteiger partial charge in [-0.3, -0.25) is 9.48 Å². The summed E-state index contributed by atoms with van der Waals surface area (Å²) in [6, 6.07) is 8.21. The Balaban J connectivity index is 1.23. The normalized spacial score (nSPS) is 26.7. The van der Waals surface area contributed by atoms with E-state index in [4.69, 9.17) is 4.74 Å². The van der Waals surface area contributed by atoms with E-state index in [1.807, 2.05) is 23.0 Å². The van der Waals surface area contributed by atoms with E-state index in [1.165, 1.54) is 11.1 Å². The second-order valence-electron chi connectivity index (χ2n) is 9.04. The smallest absolute Gasteiger partial charge is 0.169 e. The number of carbonyl (C=O) groups excluding carboxylic acids is 1. The van der Waals surface area contributed by atoms with Gasteiger partial charge in [0.25, 0.3) is 0 Å². The van der Waals surface area contributed by atoms with Gasteiger partial charge in [-0.05, 0) is 57.7 Å². The molecule has 1 aliphatic carbocycles. The van der Waals surface area contributed by atoms with Crippen molar-refractivity contribution in [1.82, 2.24) is 14.7 Å². The van der Waals surface area contributed by atoms with Crippen molar-refractivity contribution in [2.75, 3.05) is 26.2 Å². The summed E-state index contributed by atoms with van der Waals surface area (Å²) >= 11 is 0. The molecule has 2 aromatic rings. The standard InChI is InChI=1S/C24H31N3O2/c1-2-27-17-20(15-25-27)22-19(8-14-29-22)16-26-12-10-24(11-13-26)9-7-18-5-3-4-6-21(18)23(24)28/h3-6,15,17,19,22H,2,7-14,16H2,1H3/t19-,22+/m0/s1. The van der Waals surface area contributed by atoms with E-state index < -0.39 is 0 Å². The van der Waals surface area contributed by atoms with Crippen LogP contribution in [0.15, 0.2) is 36.7 Å². The van der Waals surface area contributed by atoms with E-state index >= 15 is 0 Å².